The summed E-state index contributed by atoms with van der Waals surface area (Å²) in [6.07, 6.45) is 14.3. The van der Waals surface area contributed by atoms with Crippen LogP contribution in [0, 0.1) is 23.7 Å². The van der Waals surface area contributed by atoms with E-state index in [9.17, 15) is 5.11 Å². The van der Waals surface area contributed by atoms with E-state index in [0.29, 0.717) is 5.92 Å². The van der Waals surface area contributed by atoms with Gasteiger partial charge in [0, 0.05) is 13.1 Å². The second-order valence-corrected chi connectivity index (χ2v) is 8.66. The molecule has 3 atom stereocenters. The van der Waals surface area contributed by atoms with Crippen LogP contribution < -0.4 is 0 Å². The highest BCUT2D eigenvalue weighted by molar-refractivity contribution is 4.85. The molecule has 1 aliphatic rings. The van der Waals surface area contributed by atoms with Crippen molar-refractivity contribution < 1.29 is 5.11 Å². The summed E-state index contributed by atoms with van der Waals surface area (Å²) in [5.41, 5.74) is 0. The maximum atomic E-state index is 9.86. The van der Waals surface area contributed by atoms with Crippen LogP contribution in [-0.2, 0) is 0 Å². The number of allylic oxidation sites excluding steroid dienone is 2. The standard InChI is InChI=1S/C23H43NO/c1-6-19(3)9-8-10-20(4)15-16-24(17-21(5)25)18-23-13-11-22(7-2)12-14-23/h6-7,19-23,25H,1-2,8-18H2,3-5H3/t19?,20-,21?,22?,23?/m0/s1. The molecule has 2 nitrogen and oxygen atoms in total. The Kier molecular flexibility index (Phi) is 11.4. The predicted molar refractivity (Wildman–Crippen MR) is 111 cm³/mol. The first-order valence-corrected chi connectivity index (χ1v) is 10.6. The molecule has 1 aliphatic carbocycles. The Balaban J connectivity index is 2.32. The fourth-order valence-corrected chi connectivity index (χ4v) is 4.06. The molecule has 0 spiro atoms. The third kappa shape index (κ3) is 10.2. The van der Waals surface area contributed by atoms with Gasteiger partial charge in [0.15, 0.2) is 0 Å². The molecule has 1 fully saturated rings. The lowest BCUT2D eigenvalue weighted by atomic mass is 9.82. The molecule has 1 saturated carbocycles. The minimum atomic E-state index is -0.228. The second kappa shape index (κ2) is 12.7. The summed E-state index contributed by atoms with van der Waals surface area (Å²) < 4.78 is 0. The lowest BCUT2D eigenvalue weighted by molar-refractivity contribution is 0.102. The van der Waals surface area contributed by atoms with E-state index in [0.717, 1.165) is 37.4 Å². The van der Waals surface area contributed by atoms with Crippen LogP contribution in [0.5, 0.6) is 0 Å². The lowest BCUT2D eigenvalue weighted by Crippen LogP contribution is -2.37. The van der Waals surface area contributed by atoms with Gasteiger partial charge in [-0.05, 0) is 75.7 Å². The highest BCUT2D eigenvalue weighted by atomic mass is 16.3. The van der Waals surface area contributed by atoms with E-state index in [1.807, 2.05) is 6.92 Å². The molecule has 2 unspecified atom stereocenters. The fraction of sp³-hybridized carbons (Fsp3) is 0.826. The first-order valence-electron chi connectivity index (χ1n) is 10.6. The topological polar surface area (TPSA) is 23.5 Å². The van der Waals surface area contributed by atoms with Crippen molar-refractivity contribution in [2.24, 2.45) is 23.7 Å². The average molecular weight is 350 g/mol. The largest absolute Gasteiger partial charge is 0.392 e. The second-order valence-electron chi connectivity index (χ2n) is 8.66. The number of aliphatic hydroxyl groups is 1. The third-order valence-corrected chi connectivity index (χ3v) is 5.96. The number of hydrogen-bond donors (Lipinski definition) is 1. The van der Waals surface area contributed by atoms with Crippen LogP contribution in [0.4, 0.5) is 0 Å². The molecule has 2 heteroatoms. The van der Waals surface area contributed by atoms with E-state index in [4.69, 9.17) is 0 Å². The minimum absolute atomic E-state index is 0.228. The third-order valence-electron chi connectivity index (χ3n) is 5.96. The van der Waals surface area contributed by atoms with Crippen LogP contribution >= 0.6 is 0 Å². The first kappa shape index (κ1) is 22.4. The normalized spacial score (nSPS) is 24.7. The zero-order chi connectivity index (χ0) is 18.7. The van der Waals surface area contributed by atoms with Crippen LogP contribution in [0.1, 0.15) is 72.1 Å². The van der Waals surface area contributed by atoms with E-state index in [-0.39, 0.29) is 6.10 Å². The highest BCUT2D eigenvalue weighted by Crippen LogP contribution is 2.30. The van der Waals surface area contributed by atoms with Gasteiger partial charge in [-0.15, -0.1) is 13.2 Å². The molecule has 1 N–H and O–H groups in total. The molecular formula is C23H43NO. The summed E-state index contributed by atoms with van der Waals surface area (Å²) in [5, 5.41) is 9.86. The van der Waals surface area contributed by atoms with Crippen molar-refractivity contribution in [3.05, 3.63) is 25.3 Å². The van der Waals surface area contributed by atoms with Crippen LogP contribution in [-0.4, -0.2) is 35.7 Å². The molecule has 146 valence electrons. The quantitative estimate of drug-likeness (QED) is 0.432. The molecule has 25 heavy (non-hydrogen) atoms. The Morgan fingerprint density at radius 3 is 2.28 bits per heavy atom. The van der Waals surface area contributed by atoms with Crippen molar-refractivity contribution in [2.45, 2.75) is 78.2 Å². The van der Waals surface area contributed by atoms with Gasteiger partial charge in [-0.3, -0.25) is 0 Å². The molecule has 0 bridgehead atoms. The Morgan fingerprint density at radius 1 is 1.04 bits per heavy atom. The maximum absolute atomic E-state index is 9.86. The minimum Gasteiger partial charge on any atom is -0.392 e. The number of aliphatic hydroxyl groups excluding tert-OH is 1. The molecule has 0 saturated heterocycles. The molecule has 0 aromatic heterocycles. The van der Waals surface area contributed by atoms with Gasteiger partial charge in [-0.2, -0.15) is 0 Å². The average Bonchev–Trinajstić information content (AvgIpc) is 2.59. The molecule has 0 heterocycles. The van der Waals surface area contributed by atoms with Gasteiger partial charge in [-0.1, -0.05) is 38.8 Å². The van der Waals surface area contributed by atoms with E-state index in [1.165, 1.54) is 51.4 Å². The van der Waals surface area contributed by atoms with Crippen molar-refractivity contribution in [3.8, 4) is 0 Å². The van der Waals surface area contributed by atoms with E-state index in [2.05, 4.69) is 44.1 Å². The SMILES string of the molecule is C=CC(C)CCC[C@H](C)CCN(CC(C)O)CC1CCC(C=C)CC1. The fourth-order valence-electron chi connectivity index (χ4n) is 4.06. The van der Waals surface area contributed by atoms with Crippen LogP contribution in [0.2, 0.25) is 0 Å². The van der Waals surface area contributed by atoms with Crippen LogP contribution in [0.15, 0.2) is 25.3 Å². The van der Waals surface area contributed by atoms with E-state index < -0.39 is 0 Å². The summed E-state index contributed by atoms with van der Waals surface area (Å²) in [4.78, 5) is 2.52. The van der Waals surface area contributed by atoms with Gasteiger partial charge in [-0.25, -0.2) is 0 Å². The zero-order valence-corrected chi connectivity index (χ0v) is 17.1. The summed E-state index contributed by atoms with van der Waals surface area (Å²) in [5.74, 6) is 2.95. The van der Waals surface area contributed by atoms with Crippen molar-refractivity contribution in [1.82, 2.24) is 4.90 Å². The number of nitrogens with zero attached hydrogens (tertiary/aromatic N) is 1. The number of rotatable bonds is 13. The Morgan fingerprint density at radius 2 is 1.72 bits per heavy atom. The zero-order valence-electron chi connectivity index (χ0n) is 17.1. The van der Waals surface area contributed by atoms with Gasteiger partial charge in [0.2, 0.25) is 0 Å². The molecule has 0 aliphatic heterocycles. The van der Waals surface area contributed by atoms with E-state index in [1.54, 1.807) is 0 Å². The Bertz CT molecular complexity index is 357. The van der Waals surface area contributed by atoms with E-state index >= 15 is 0 Å². The molecule has 0 radical (unpaired) electrons. The van der Waals surface area contributed by atoms with Crippen molar-refractivity contribution in [3.63, 3.8) is 0 Å². The molecule has 1 rings (SSSR count). The summed E-state index contributed by atoms with van der Waals surface area (Å²) >= 11 is 0. The highest BCUT2D eigenvalue weighted by Gasteiger charge is 2.22. The Hall–Kier alpha value is -0.600. The summed E-state index contributed by atoms with van der Waals surface area (Å²) in [6.45, 7) is 17.5. The lowest BCUT2D eigenvalue weighted by Gasteiger charge is -2.33. The first-order chi connectivity index (χ1) is 11.9. The van der Waals surface area contributed by atoms with Crippen molar-refractivity contribution in [2.75, 3.05) is 19.6 Å². The predicted octanol–water partition coefficient (Wildman–Crippen LogP) is 5.68. The van der Waals surface area contributed by atoms with Crippen molar-refractivity contribution >= 4 is 0 Å². The van der Waals surface area contributed by atoms with Crippen LogP contribution in [0.3, 0.4) is 0 Å². The summed E-state index contributed by atoms with van der Waals surface area (Å²) in [6, 6.07) is 0. The molecule has 0 aromatic rings. The monoisotopic (exact) mass is 349 g/mol. The smallest absolute Gasteiger partial charge is 0.0639 e. The number of hydrogen-bond acceptors (Lipinski definition) is 2. The maximum Gasteiger partial charge on any atom is 0.0639 e. The van der Waals surface area contributed by atoms with Gasteiger partial charge in [0.05, 0.1) is 6.10 Å². The Labute approximate surface area is 157 Å². The van der Waals surface area contributed by atoms with Gasteiger partial charge < -0.3 is 10.0 Å². The van der Waals surface area contributed by atoms with Crippen molar-refractivity contribution in [1.29, 1.82) is 0 Å². The van der Waals surface area contributed by atoms with Gasteiger partial charge in [0.1, 0.15) is 0 Å². The molecular weight excluding hydrogens is 306 g/mol. The molecule has 0 amide bonds. The summed E-state index contributed by atoms with van der Waals surface area (Å²) in [7, 11) is 0. The van der Waals surface area contributed by atoms with Crippen LogP contribution in [0.25, 0.3) is 0 Å². The molecule has 0 aromatic carbocycles. The van der Waals surface area contributed by atoms with Gasteiger partial charge >= 0.3 is 0 Å². The van der Waals surface area contributed by atoms with Gasteiger partial charge in [0.25, 0.3) is 0 Å².